The van der Waals surface area contributed by atoms with Gasteiger partial charge in [0.25, 0.3) is 5.91 Å². The Hall–Kier alpha value is -4.58. The van der Waals surface area contributed by atoms with Crippen LogP contribution in [-0.2, 0) is 6.42 Å². The summed E-state index contributed by atoms with van der Waals surface area (Å²) in [5.41, 5.74) is 6.55. The predicted molar refractivity (Wildman–Crippen MR) is 137 cm³/mol. The molecule has 2 aromatic heterocycles. The Balaban J connectivity index is 1.15. The molecule has 6 nitrogen and oxygen atoms in total. The number of carbonyl (C=O) groups is 1. The average molecular weight is 460 g/mol. The van der Waals surface area contributed by atoms with E-state index in [9.17, 15) is 4.79 Å². The zero-order valence-electron chi connectivity index (χ0n) is 19.2. The Morgan fingerprint density at radius 1 is 0.829 bits per heavy atom. The summed E-state index contributed by atoms with van der Waals surface area (Å²) in [5.74, 6) is -0.0459. The number of hydrogen-bond donors (Lipinski definition) is 1. The number of benzene rings is 3. The first-order valence-corrected chi connectivity index (χ1v) is 11.6. The molecule has 0 saturated heterocycles. The van der Waals surface area contributed by atoms with E-state index in [0.717, 1.165) is 40.9 Å². The predicted octanol–water partition coefficient (Wildman–Crippen LogP) is 5.36. The van der Waals surface area contributed by atoms with Crippen molar-refractivity contribution in [3.05, 3.63) is 121 Å². The van der Waals surface area contributed by atoms with Crippen molar-refractivity contribution >= 4 is 5.91 Å². The van der Waals surface area contributed by atoms with Gasteiger partial charge < -0.3 is 5.32 Å². The third-order valence-electron chi connectivity index (χ3n) is 5.84. The number of hydrogen-bond acceptors (Lipinski definition) is 4. The van der Waals surface area contributed by atoms with E-state index in [4.69, 9.17) is 0 Å². The molecular formula is C29H25N5O. The average Bonchev–Trinajstić information content (AvgIpc) is 3.43. The molecule has 2 heterocycles. The highest BCUT2D eigenvalue weighted by Gasteiger charge is 2.11. The zero-order chi connectivity index (χ0) is 23.9. The molecule has 35 heavy (non-hydrogen) atoms. The van der Waals surface area contributed by atoms with E-state index < -0.39 is 0 Å². The van der Waals surface area contributed by atoms with Crippen molar-refractivity contribution in [3.63, 3.8) is 0 Å². The van der Waals surface area contributed by atoms with E-state index in [1.165, 1.54) is 5.56 Å². The van der Waals surface area contributed by atoms with E-state index in [1.807, 2.05) is 85.1 Å². The van der Waals surface area contributed by atoms with Crippen molar-refractivity contribution in [2.24, 2.45) is 0 Å². The highest BCUT2D eigenvalue weighted by atomic mass is 16.1. The highest BCUT2D eigenvalue weighted by molar-refractivity contribution is 6.00. The van der Waals surface area contributed by atoms with Crippen LogP contribution < -0.4 is 5.32 Å². The first kappa shape index (κ1) is 22.2. The molecule has 0 aliphatic heterocycles. The van der Waals surface area contributed by atoms with Crippen molar-refractivity contribution in [1.29, 1.82) is 0 Å². The van der Waals surface area contributed by atoms with Crippen LogP contribution in [0.2, 0.25) is 0 Å². The summed E-state index contributed by atoms with van der Waals surface area (Å²) in [6.45, 7) is 0.612. The Kier molecular flexibility index (Phi) is 6.71. The van der Waals surface area contributed by atoms with Crippen LogP contribution in [0, 0.1) is 0 Å². The number of amides is 1. The largest absolute Gasteiger partial charge is 0.352 e. The van der Waals surface area contributed by atoms with Crippen molar-refractivity contribution in [3.8, 4) is 28.1 Å². The summed E-state index contributed by atoms with van der Waals surface area (Å²) in [4.78, 5) is 17.0. The molecule has 0 aliphatic rings. The summed E-state index contributed by atoms with van der Waals surface area (Å²) in [5, 5.41) is 11.6. The number of pyridine rings is 1. The minimum atomic E-state index is -0.0459. The van der Waals surface area contributed by atoms with Gasteiger partial charge >= 0.3 is 0 Å². The van der Waals surface area contributed by atoms with E-state index in [0.29, 0.717) is 12.1 Å². The molecule has 0 unspecified atom stereocenters. The van der Waals surface area contributed by atoms with E-state index in [2.05, 4.69) is 32.7 Å². The fraction of sp³-hybridized carbons (Fsp3) is 0.103. The number of nitrogens with zero attached hydrogens (tertiary/aromatic N) is 4. The van der Waals surface area contributed by atoms with E-state index in [1.54, 1.807) is 17.1 Å². The van der Waals surface area contributed by atoms with Gasteiger partial charge in [0.05, 0.1) is 11.9 Å². The molecule has 0 atom stereocenters. The molecular weight excluding hydrogens is 434 g/mol. The van der Waals surface area contributed by atoms with Crippen LogP contribution in [0.1, 0.15) is 22.3 Å². The number of carbonyl (C=O) groups excluding carboxylic acids is 1. The lowest BCUT2D eigenvalue weighted by Crippen LogP contribution is -2.25. The Bertz CT molecular complexity index is 1400. The van der Waals surface area contributed by atoms with Crippen LogP contribution in [0.5, 0.6) is 0 Å². The van der Waals surface area contributed by atoms with Crippen LogP contribution in [0.25, 0.3) is 28.1 Å². The standard InChI is InChI=1S/C29H25N5O/c35-29(27-13-5-4-12-26(27)23-9-2-1-3-10-23)31-19-6-8-22-14-16-25(17-15-22)34-21-28(32-33-34)24-11-7-18-30-20-24/h1-5,7,9-18,20-21H,6,8,19H2,(H,31,35). The van der Waals surface area contributed by atoms with Crippen molar-refractivity contribution in [2.45, 2.75) is 12.8 Å². The second-order valence-electron chi connectivity index (χ2n) is 8.23. The SMILES string of the molecule is O=C(NCCCc1ccc(-n2cc(-c3cccnc3)nn2)cc1)c1ccccc1-c1ccccc1. The fourth-order valence-electron chi connectivity index (χ4n) is 3.99. The normalized spacial score (nSPS) is 10.7. The van der Waals surface area contributed by atoms with Crippen molar-refractivity contribution in [1.82, 2.24) is 25.3 Å². The van der Waals surface area contributed by atoms with Crippen LogP contribution in [-0.4, -0.2) is 32.4 Å². The molecule has 1 N–H and O–H groups in total. The summed E-state index contributed by atoms with van der Waals surface area (Å²) in [6, 6.07) is 29.8. The fourth-order valence-corrected chi connectivity index (χ4v) is 3.99. The molecule has 3 aromatic carbocycles. The highest BCUT2D eigenvalue weighted by Crippen LogP contribution is 2.23. The van der Waals surface area contributed by atoms with Crippen LogP contribution in [0.15, 0.2) is 110 Å². The van der Waals surface area contributed by atoms with Crippen molar-refractivity contribution in [2.75, 3.05) is 6.54 Å². The molecule has 0 fully saturated rings. The molecule has 6 heteroatoms. The van der Waals surface area contributed by atoms with Gasteiger partial charge in [-0.05, 0) is 59.9 Å². The summed E-state index contributed by atoms with van der Waals surface area (Å²) in [6.07, 6.45) is 7.14. The van der Waals surface area contributed by atoms with Gasteiger partial charge in [-0.2, -0.15) is 0 Å². The molecule has 172 valence electrons. The number of aryl methyl sites for hydroxylation is 1. The molecule has 5 aromatic rings. The second kappa shape index (κ2) is 10.6. The Morgan fingerprint density at radius 3 is 2.40 bits per heavy atom. The molecule has 0 radical (unpaired) electrons. The molecule has 0 bridgehead atoms. The second-order valence-corrected chi connectivity index (χ2v) is 8.23. The van der Waals surface area contributed by atoms with Gasteiger partial charge in [0, 0.05) is 30.1 Å². The maximum Gasteiger partial charge on any atom is 0.251 e. The molecule has 0 aliphatic carbocycles. The molecule has 0 saturated carbocycles. The number of aromatic nitrogens is 4. The molecule has 1 amide bonds. The van der Waals surface area contributed by atoms with E-state index in [-0.39, 0.29) is 5.91 Å². The molecule has 0 spiro atoms. The van der Waals surface area contributed by atoms with Gasteiger partial charge in [0.2, 0.25) is 0 Å². The lowest BCUT2D eigenvalue weighted by Gasteiger charge is -2.10. The Labute approximate surface area is 204 Å². The third kappa shape index (κ3) is 5.33. The maximum atomic E-state index is 12.8. The number of nitrogens with one attached hydrogen (secondary N) is 1. The topological polar surface area (TPSA) is 72.7 Å². The van der Waals surface area contributed by atoms with Gasteiger partial charge in [0.1, 0.15) is 5.69 Å². The maximum absolute atomic E-state index is 12.8. The van der Waals surface area contributed by atoms with E-state index >= 15 is 0 Å². The minimum Gasteiger partial charge on any atom is -0.352 e. The monoisotopic (exact) mass is 459 g/mol. The van der Waals surface area contributed by atoms with Gasteiger partial charge in [-0.15, -0.1) is 5.10 Å². The molecule has 5 rings (SSSR count). The zero-order valence-corrected chi connectivity index (χ0v) is 19.2. The van der Waals surface area contributed by atoms with Gasteiger partial charge in [0.15, 0.2) is 0 Å². The lowest BCUT2D eigenvalue weighted by molar-refractivity contribution is 0.0954. The van der Waals surface area contributed by atoms with Crippen LogP contribution in [0.4, 0.5) is 0 Å². The first-order chi connectivity index (χ1) is 17.3. The smallest absolute Gasteiger partial charge is 0.251 e. The van der Waals surface area contributed by atoms with Crippen LogP contribution in [0.3, 0.4) is 0 Å². The first-order valence-electron chi connectivity index (χ1n) is 11.6. The van der Waals surface area contributed by atoms with Crippen LogP contribution >= 0.6 is 0 Å². The third-order valence-corrected chi connectivity index (χ3v) is 5.84. The lowest BCUT2D eigenvalue weighted by atomic mass is 9.99. The minimum absolute atomic E-state index is 0.0459. The summed E-state index contributed by atoms with van der Waals surface area (Å²) >= 11 is 0. The van der Waals surface area contributed by atoms with Gasteiger partial charge in [-0.3, -0.25) is 9.78 Å². The quantitative estimate of drug-likeness (QED) is 0.317. The van der Waals surface area contributed by atoms with Gasteiger partial charge in [-0.25, -0.2) is 4.68 Å². The van der Waals surface area contributed by atoms with Crippen molar-refractivity contribution < 1.29 is 4.79 Å². The Morgan fingerprint density at radius 2 is 1.60 bits per heavy atom. The summed E-state index contributed by atoms with van der Waals surface area (Å²) < 4.78 is 1.76. The summed E-state index contributed by atoms with van der Waals surface area (Å²) in [7, 11) is 0. The van der Waals surface area contributed by atoms with Gasteiger partial charge in [-0.1, -0.05) is 65.9 Å². The number of rotatable bonds is 8.